The summed E-state index contributed by atoms with van der Waals surface area (Å²) < 4.78 is 12.3. The Balaban J connectivity index is 1.78. The van der Waals surface area contributed by atoms with Gasteiger partial charge in [0, 0.05) is 13.0 Å². The zero-order valence-electron chi connectivity index (χ0n) is 17.2. The van der Waals surface area contributed by atoms with Crippen LogP contribution in [0.2, 0.25) is 0 Å². The molecule has 30 heavy (non-hydrogen) atoms. The van der Waals surface area contributed by atoms with Gasteiger partial charge >= 0.3 is 0 Å². The summed E-state index contributed by atoms with van der Waals surface area (Å²) in [6.07, 6.45) is 2.17. The van der Waals surface area contributed by atoms with E-state index in [0.717, 1.165) is 24.1 Å². The first kappa shape index (κ1) is 19.9. The Labute approximate surface area is 176 Å². The molecule has 1 atom stereocenters. The monoisotopic (exact) mass is 399 g/mol. The normalized spacial score (nSPS) is 12.2. The molecule has 0 spiro atoms. The predicted molar refractivity (Wildman–Crippen MR) is 121 cm³/mol. The third kappa shape index (κ3) is 4.29. The van der Waals surface area contributed by atoms with Crippen molar-refractivity contribution in [3.05, 3.63) is 101 Å². The molecule has 1 unspecified atom stereocenters. The number of fused-ring (bicyclic) bond motifs is 1. The lowest BCUT2D eigenvalue weighted by Gasteiger charge is -2.22. The summed E-state index contributed by atoms with van der Waals surface area (Å²) >= 11 is 0. The summed E-state index contributed by atoms with van der Waals surface area (Å²) in [5.74, 6) is 0.548. The zero-order chi connectivity index (χ0) is 20.9. The van der Waals surface area contributed by atoms with Crippen LogP contribution in [0.3, 0.4) is 0 Å². The van der Waals surface area contributed by atoms with Gasteiger partial charge in [0.25, 0.3) is 0 Å². The molecule has 4 heteroatoms. The third-order valence-corrected chi connectivity index (χ3v) is 5.13. The number of ether oxygens (including phenoxy) is 1. The van der Waals surface area contributed by atoms with E-state index < -0.39 is 0 Å². The maximum absolute atomic E-state index is 13.4. The fourth-order valence-corrected chi connectivity index (χ4v) is 3.55. The predicted octanol–water partition coefficient (Wildman–Crippen LogP) is 5.53. The Morgan fingerprint density at radius 1 is 0.900 bits per heavy atom. The van der Waals surface area contributed by atoms with Crippen LogP contribution in [0.25, 0.3) is 22.1 Å². The number of hydrogen-bond donors (Lipinski definition) is 0. The second kappa shape index (κ2) is 8.97. The average molecular weight is 399 g/mol. The van der Waals surface area contributed by atoms with Gasteiger partial charge in [0.15, 0.2) is 0 Å². The first-order valence-electron chi connectivity index (χ1n) is 10.1. The minimum absolute atomic E-state index is 0.0857. The second-order valence-electron chi connectivity index (χ2n) is 7.58. The molecule has 152 valence electrons. The standard InChI is InChI=1S/C26H25NO3/c1-27(2)17-16-22(20-12-7-4-8-13-20)30-24-15-9-14-23-25(24)26(28)21(18-29-23)19-10-5-3-6-11-19/h3-15,18,22H,16-17H2,1-2H3. The SMILES string of the molecule is CN(C)CCC(Oc1cccc2occ(-c3ccccc3)c(=O)c12)c1ccccc1. The average Bonchev–Trinajstić information content (AvgIpc) is 2.78. The quantitative estimate of drug-likeness (QED) is 0.410. The maximum atomic E-state index is 13.4. The van der Waals surface area contributed by atoms with E-state index in [2.05, 4.69) is 17.0 Å². The van der Waals surface area contributed by atoms with Crippen molar-refractivity contribution < 1.29 is 9.15 Å². The number of benzene rings is 3. The number of hydrogen-bond acceptors (Lipinski definition) is 4. The van der Waals surface area contributed by atoms with Crippen molar-refractivity contribution in [2.24, 2.45) is 0 Å². The van der Waals surface area contributed by atoms with Crippen molar-refractivity contribution in [3.63, 3.8) is 0 Å². The van der Waals surface area contributed by atoms with Crippen molar-refractivity contribution in [1.82, 2.24) is 4.90 Å². The van der Waals surface area contributed by atoms with E-state index in [1.165, 1.54) is 6.26 Å². The summed E-state index contributed by atoms with van der Waals surface area (Å²) in [5, 5.41) is 0.477. The molecule has 0 aliphatic heterocycles. The third-order valence-electron chi connectivity index (χ3n) is 5.13. The minimum Gasteiger partial charge on any atom is -0.485 e. The van der Waals surface area contributed by atoms with E-state index in [4.69, 9.17) is 9.15 Å². The van der Waals surface area contributed by atoms with Gasteiger partial charge in [-0.2, -0.15) is 0 Å². The highest BCUT2D eigenvalue weighted by molar-refractivity contribution is 5.87. The summed E-state index contributed by atoms with van der Waals surface area (Å²) in [6, 6.07) is 25.2. The van der Waals surface area contributed by atoms with Crippen molar-refractivity contribution in [2.75, 3.05) is 20.6 Å². The van der Waals surface area contributed by atoms with Crippen LogP contribution in [0, 0.1) is 0 Å². The molecule has 1 aromatic heterocycles. The fourth-order valence-electron chi connectivity index (χ4n) is 3.55. The summed E-state index contributed by atoms with van der Waals surface area (Å²) in [6.45, 7) is 0.869. The molecule has 0 fully saturated rings. The smallest absolute Gasteiger partial charge is 0.204 e. The lowest BCUT2D eigenvalue weighted by Crippen LogP contribution is -2.19. The fraction of sp³-hybridized carbons (Fsp3) is 0.192. The van der Waals surface area contributed by atoms with Gasteiger partial charge in [0.2, 0.25) is 5.43 Å². The van der Waals surface area contributed by atoms with Gasteiger partial charge in [-0.1, -0.05) is 66.7 Å². The Morgan fingerprint density at radius 3 is 2.30 bits per heavy atom. The van der Waals surface area contributed by atoms with Crippen LogP contribution >= 0.6 is 0 Å². The summed E-state index contributed by atoms with van der Waals surface area (Å²) in [4.78, 5) is 15.5. The van der Waals surface area contributed by atoms with Gasteiger partial charge in [0.1, 0.15) is 29.1 Å². The Bertz CT molecular complexity index is 1170. The highest BCUT2D eigenvalue weighted by Gasteiger charge is 2.18. The van der Waals surface area contributed by atoms with E-state index in [1.54, 1.807) is 6.07 Å². The van der Waals surface area contributed by atoms with E-state index >= 15 is 0 Å². The lowest BCUT2D eigenvalue weighted by atomic mass is 10.0. The minimum atomic E-state index is -0.168. The van der Waals surface area contributed by atoms with E-state index in [-0.39, 0.29) is 11.5 Å². The zero-order valence-corrected chi connectivity index (χ0v) is 17.2. The van der Waals surface area contributed by atoms with Crippen LogP contribution in [-0.2, 0) is 0 Å². The molecule has 4 nitrogen and oxygen atoms in total. The Morgan fingerprint density at radius 2 is 1.60 bits per heavy atom. The molecule has 0 bridgehead atoms. The molecular weight excluding hydrogens is 374 g/mol. The van der Waals surface area contributed by atoms with Crippen molar-refractivity contribution in [3.8, 4) is 16.9 Å². The molecule has 0 radical (unpaired) electrons. The molecule has 0 N–H and O–H groups in total. The first-order valence-corrected chi connectivity index (χ1v) is 10.1. The van der Waals surface area contributed by atoms with E-state index in [0.29, 0.717) is 22.3 Å². The maximum Gasteiger partial charge on any atom is 0.204 e. The van der Waals surface area contributed by atoms with Gasteiger partial charge in [-0.25, -0.2) is 0 Å². The lowest BCUT2D eigenvalue weighted by molar-refractivity contribution is 0.181. The topological polar surface area (TPSA) is 42.7 Å². The molecule has 4 rings (SSSR count). The molecule has 0 aliphatic rings. The second-order valence-corrected chi connectivity index (χ2v) is 7.58. The van der Waals surface area contributed by atoms with Gasteiger partial charge in [-0.15, -0.1) is 0 Å². The van der Waals surface area contributed by atoms with Crippen LogP contribution < -0.4 is 10.2 Å². The molecule has 0 amide bonds. The summed E-state index contributed by atoms with van der Waals surface area (Å²) in [7, 11) is 4.08. The molecule has 4 aromatic rings. The van der Waals surface area contributed by atoms with Crippen LogP contribution in [0.15, 0.2) is 94.3 Å². The molecule has 0 aliphatic carbocycles. The highest BCUT2D eigenvalue weighted by Crippen LogP contribution is 2.31. The number of rotatable bonds is 7. The van der Waals surface area contributed by atoms with Crippen LogP contribution in [-0.4, -0.2) is 25.5 Å². The van der Waals surface area contributed by atoms with E-state index in [1.807, 2.05) is 74.8 Å². The summed E-state index contributed by atoms with van der Waals surface area (Å²) in [5.41, 5.74) is 2.88. The Hall–Kier alpha value is -3.37. The van der Waals surface area contributed by atoms with Crippen LogP contribution in [0.1, 0.15) is 18.1 Å². The van der Waals surface area contributed by atoms with Gasteiger partial charge in [-0.3, -0.25) is 4.79 Å². The van der Waals surface area contributed by atoms with Crippen molar-refractivity contribution in [2.45, 2.75) is 12.5 Å². The van der Waals surface area contributed by atoms with Crippen molar-refractivity contribution >= 4 is 11.0 Å². The Kier molecular flexibility index (Phi) is 5.96. The van der Waals surface area contributed by atoms with Crippen LogP contribution in [0.5, 0.6) is 5.75 Å². The molecule has 0 saturated carbocycles. The molecule has 0 saturated heterocycles. The van der Waals surface area contributed by atoms with Gasteiger partial charge in [-0.05, 0) is 37.4 Å². The highest BCUT2D eigenvalue weighted by atomic mass is 16.5. The van der Waals surface area contributed by atoms with E-state index in [9.17, 15) is 4.79 Å². The molecule has 3 aromatic carbocycles. The van der Waals surface area contributed by atoms with Gasteiger partial charge < -0.3 is 14.1 Å². The van der Waals surface area contributed by atoms with Gasteiger partial charge in [0.05, 0.1) is 5.56 Å². The number of nitrogens with zero attached hydrogens (tertiary/aromatic N) is 1. The molecular formula is C26H25NO3. The largest absolute Gasteiger partial charge is 0.485 e. The molecule has 1 heterocycles. The van der Waals surface area contributed by atoms with Crippen molar-refractivity contribution in [1.29, 1.82) is 0 Å². The van der Waals surface area contributed by atoms with Crippen LogP contribution in [0.4, 0.5) is 0 Å². The first-order chi connectivity index (χ1) is 14.6.